The first-order valence-corrected chi connectivity index (χ1v) is 17.8. The Morgan fingerprint density at radius 3 is 1.89 bits per heavy atom. The maximum absolute atomic E-state index is 14.1. The van der Waals surface area contributed by atoms with Gasteiger partial charge >= 0.3 is 23.9 Å². The van der Waals surface area contributed by atoms with Crippen LogP contribution in [0.1, 0.15) is 114 Å². The number of hydrogen-bond acceptors (Lipinski definition) is 10. The predicted molar refractivity (Wildman–Crippen MR) is 172 cm³/mol. The molecule has 5 unspecified atom stereocenters. The highest BCUT2D eigenvalue weighted by Crippen LogP contribution is 2.68. The second-order valence-corrected chi connectivity index (χ2v) is 16.0. The van der Waals surface area contributed by atoms with E-state index in [1.165, 1.54) is 27.7 Å². The Morgan fingerprint density at radius 1 is 0.809 bits per heavy atom. The Hall–Kier alpha value is -2.49. The Morgan fingerprint density at radius 2 is 1.36 bits per heavy atom. The molecule has 4 fully saturated rings. The third kappa shape index (κ3) is 7.00. The summed E-state index contributed by atoms with van der Waals surface area (Å²) in [6, 6.07) is 0. The average molecular weight is 663 g/mol. The zero-order chi connectivity index (χ0) is 35.2. The maximum atomic E-state index is 14.1. The van der Waals surface area contributed by atoms with E-state index in [4.69, 9.17) is 18.9 Å². The van der Waals surface area contributed by atoms with Crippen molar-refractivity contribution in [1.29, 1.82) is 0 Å². The Bertz CT molecular complexity index is 1210. The topological polar surface area (TPSA) is 143 Å². The van der Waals surface area contributed by atoms with E-state index >= 15 is 0 Å². The van der Waals surface area contributed by atoms with Crippen molar-refractivity contribution in [2.45, 2.75) is 145 Å². The maximum Gasteiger partial charge on any atom is 0.303 e. The molecule has 0 bridgehead atoms. The first-order chi connectivity index (χ1) is 21.9. The summed E-state index contributed by atoms with van der Waals surface area (Å²) in [5.74, 6) is -2.61. The molecule has 4 saturated carbocycles. The number of esters is 4. The van der Waals surface area contributed by atoms with E-state index in [-0.39, 0.29) is 59.0 Å². The number of Topliss-reactive ketones (excluding diaryl/α,β-unsaturated/α-hetero) is 1. The van der Waals surface area contributed by atoms with Crippen molar-refractivity contribution in [3.05, 3.63) is 0 Å². The Labute approximate surface area is 280 Å². The van der Waals surface area contributed by atoms with Crippen LogP contribution in [-0.4, -0.2) is 65.3 Å². The monoisotopic (exact) mass is 662 g/mol. The van der Waals surface area contributed by atoms with Gasteiger partial charge in [-0.1, -0.05) is 41.5 Å². The summed E-state index contributed by atoms with van der Waals surface area (Å²) in [5.41, 5.74) is -0.803. The van der Waals surface area contributed by atoms with Crippen LogP contribution in [0.3, 0.4) is 0 Å². The molecule has 1 N–H and O–H groups in total. The second kappa shape index (κ2) is 14.2. The summed E-state index contributed by atoms with van der Waals surface area (Å²) in [6.45, 7) is 18.1. The highest BCUT2D eigenvalue weighted by atomic mass is 16.6. The predicted octanol–water partition coefficient (Wildman–Crippen LogP) is 5.45. The van der Waals surface area contributed by atoms with Crippen molar-refractivity contribution in [1.82, 2.24) is 0 Å². The van der Waals surface area contributed by atoms with Crippen LogP contribution in [0.25, 0.3) is 0 Å². The van der Waals surface area contributed by atoms with Crippen molar-refractivity contribution >= 4 is 29.7 Å². The van der Waals surface area contributed by atoms with E-state index in [0.717, 1.165) is 32.1 Å². The van der Waals surface area contributed by atoms with Gasteiger partial charge in [-0.2, -0.15) is 0 Å². The molecule has 4 rings (SSSR count). The van der Waals surface area contributed by atoms with Crippen molar-refractivity contribution in [3.63, 3.8) is 0 Å². The Balaban J connectivity index is 1.68. The molecule has 4 aliphatic carbocycles. The highest BCUT2D eigenvalue weighted by Gasteiger charge is 2.67. The summed E-state index contributed by atoms with van der Waals surface area (Å²) in [4.78, 5) is 63.0. The molecule has 47 heavy (non-hydrogen) atoms. The molecular formula is C37H58O10. The zero-order valence-electron chi connectivity index (χ0n) is 30.1. The van der Waals surface area contributed by atoms with E-state index in [1.54, 1.807) is 0 Å². The van der Waals surface area contributed by atoms with Gasteiger partial charge in [0.15, 0.2) is 5.78 Å². The SMILES string of the molecule is CC[C@@H](C(C)C)[C@H](OC(C)=O)[C@@H](OC(C)=O)[C@@H](C)[C@H]1CCC2C3C(O)C(=O)C4C[C@H](OC(C)=O)[C@H](OC(C)=O)C[C@]4(C)C3CC[C@@]21C. The summed E-state index contributed by atoms with van der Waals surface area (Å²) in [7, 11) is 0. The molecule has 14 atom stereocenters. The fourth-order valence-electron chi connectivity index (χ4n) is 11.2. The van der Waals surface area contributed by atoms with Gasteiger partial charge in [0.2, 0.25) is 0 Å². The van der Waals surface area contributed by atoms with Gasteiger partial charge in [0.1, 0.15) is 30.5 Å². The van der Waals surface area contributed by atoms with E-state index in [1.807, 2.05) is 0 Å². The fourth-order valence-corrected chi connectivity index (χ4v) is 11.2. The van der Waals surface area contributed by atoms with Gasteiger partial charge in [-0.25, -0.2) is 0 Å². The average Bonchev–Trinajstić information content (AvgIpc) is 3.31. The zero-order valence-corrected chi connectivity index (χ0v) is 30.1. The molecule has 0 saturated heterocycles. The third-order valence-electron chi connectivity index (χ3n) is 13.0. The van der Waals surface area contributed by atoms with Crippen molar-refractivity contribution in [2.24, 2.45) is 58.2 Å². The molecule has 10 heteroatoms. The molecule has 0 aromatic heterocycles. The first-order valence-electron chi connectivity index (χ1n) is 17.8. The largest absolute Gasteiger partial charge is 0.459 e. The normalized spacial score (nSPS) is 38.9. The highest BCUT2D eigenvalue weighted by molar-refractivity contribution is 5.88. The van der Waals surface area contributed by atoms with Crippen LogP contribution in [0.4, 0.5) is 0 Å². The molecule has 0 aromatic rings. The molecule has 4 aliphatic rings. The molecule has 10 nitrogen and oxygen atoms in total. The van der Waals surface area contributed by atoms with Gasteiger partial charge < -0.3 is 24.1 Å². The molecule has 0 amide bonds. The molecule has 0 aliphatic heterocycles. The quantitative estimate of drug-likeness (QED) is 0.237. The van der Waals surface area contributed by atoms with Gasteiger partial charge in [0.25, 0.3) is 0 Å². The molecular weight excluding hydrogens is 604 g/mol. The summed E-state index contributed by atoms with van der Waals surface area (Å²) in [5, 5.41) is 11.8. The van der Waals surface area contributed by atoms with Crippen LogP contribution >= 0.6 is 0 Å². The smallest absolute Gasteiger partial charge is 0.303 e. The molecule has 0 radical (unpaired) electrons. The van der Waals surface area contributed by atoms with Crippen LogP contribution < -0.4 is 0 Å². The second-order valence-electron chi connectivity index (χ2n) is 16.0. The van der Waals surface area contributed by atoms with Gasteiger partial charge in [0, 0.05) is 45.4 Å². The lowest BCUT2D eigenvalue weighted by Crippen LogP contribution is -2.65. The minimum atomic E-state index is -1.15. The number of hydrogen-bond donors (Lipinski definition) is 1. The van der Waals surface area contributed by atoms with Crippen molar-refractivity contribution < 1.29 is 48.0 Å². The van der Waals surface area contributed by atoms with Crippen LogP contribution in [-0.2, 0) is 42.9 Å². The van der Waals surface area contributed by atoms with E-state index < -0.39 is 65.7 Å². The first kappa shape index (κ1) is 37.3. The molecule has 0 spiro atoms. The minimum Gasteiger partial charge on any atom is -0.459 e. The third-order valence-corrected chi connectivity index (χ3v) is 13.0. The Kier molecular flexibility index (Phi) is 11.2. The van der Waals surface area contributed by atoms with Crippen LogP contribution in [0, 0.1) is 58.2 Å². The van der Waals surface area contributed by atoms with Crippen molar-refractivity contribution in [3.8, 4) is 0 Å². The minimum absolute atomic E-state index is 0.00612. The van der Waals surface area contributed by atoms with E-state index in [9.17, 15) is 29.1 Å². The lowest BCUT2D eigenvalue weighted by Gasteiger charge is -2.62. The number of aliphatic hydroxyl groups is 1. The van der Waals surface area contributed by atoms with Gasteiger partial charge in [-0.15, -0.1) is 0 Å². The molecule has 266 valence electrons. The summed E-state index contributed by atoms with van der Waals surface area (Å²) < 4.78 is 23.3. The number of carbonyl (C=O) groups excluding carboxylic acids is 5. The molecule has 0 heterocycles. The van der Waals surface area contributed by atoms with Crippen LogP contribution in [0.5, 0.6) is 0 Å². The number of carbonyl (C=O) groups is 5. The number of ether oxygens (including phenoxy) is 4. The van der Waals surface area contributed by atoms with Gasteiger partial charge in [-0.3, -0.25) is 24.0 Å². The van der Waals surface area contributed by atoms with Crippen molar-refractivity contribution in [2.75, 3.05) is 0 Å². The number of ketones is 1. The van der Waals surface area contributed by atoms with E-state index in [2.05, 4.69) is 41.5 Å². The standard InChI is InChI=1S/C37H58O10/c1-11-24(18(2)3)35(47-23(8)41)34(46-22(7)40)19(4)25-12-13-26-31-27(14-15-36(25,26)9)37(10)17-30(45-21(6)39)29(44-20(5)38)16-28(37)32(42)33(31)43/h18-19,24-31,33-35,43H,11-17H2,1-10H3/t19-,24-,25+,26?,27?,28?,29-,30+,31?,33?,34-,35-,36+,37+/m0/s1. The summed E-state index contributed by atoms with van der Waals surface area (Å²) in [6.07, 6.45) is 0.843. The van der Waals surface area contributed by atoms with Gasteiger partial charge in [0.05, 0.1) is 0 Å². The number of fused-ring (bicyclic) bond motifs is 5. The van der Waals surface area contributed by atoms with E-state index in [0.29, 0.717) is 6.42 Å². The lowest BCUT2D eigenvalue weighted by molar-refractivity contribution is -0.209. The van der Waals surface area contributed by atoms with Crippen LogP contribution in [0.15, 0.2) is 0 Å². The molecule has 0 aromatic carbocycles. The van der Waals surface area contributed by atoms with Crippen LogP contribution in [0.2, 0.25) is 0 Å². The fraction of sp³-hybridized carbons (Fsp3) is 0.865. The summed E-state index contributed by atoms with van der Waals surface area (Å²) >= 11 is 0. The lowest BCUT2D eigenvalue weighted by atomic mass is 9.43. The van der Waals surface area contributed by atoms with Gasteiger partial charge in [-0.05, 0) is 85.4 Å². The number of rotatable bonds is 10. The number of aliphatic hydroxyl groups excluding tert-OH is 1.